The van der Waals surface area contributed by atoms with Crippen LogP contribution in [-0.4, -0.2) is 77.2 Å². The van der Waals surface area contributed by atoms with Gasteiger partial charge < -0.3 is 20.6 Å². The molecule has 1 saturated heterocycles. The average Bonchev–Trinajstić information content (AvgIpc) is 2.89. The zero-order valence-corrected chi connectivity index (χ0v) is 24.1. The SMILES string of the molecule is C=N/C=C(\SCNc1cc(N2CCN(CC(=O)O)CC2)nc(C)n1)C(=O)Nc1c(Cl)ccc(C)c1C.CC. The standard InChI is InChI=1S/C24H30ClN7O3S.C2H6/c1-15-5-6-18(25)23(16(15)2)30-24(35)19(12-26-4)36-14-27-20-11-21(29-17(3)28-20)32-9-7-31(8-10-32)13-22(33)34;1-2/h5-6,11-12H,4,7-10,13-14H2,1-3H3,(H,30,35)(H,33,34)(H,27,28,29);1-2H3/b19-12-;. The number of nitrogens with zero attached hydrogens (tertiary/aromatic N) is 5. The minimum Gasteiger partial charge on any atom is -0.480 e. The van der Waals surface area contributed by atoms with Gasteiger partial charge in [-0.1, -0.05) is 43.3 Å². The summed E-state index contributed by atoms with van der Waals surface area (Å²) in [7, 11) is 0. The molecule has 206 valence electrons. The largest absolute Gasteiger partial charge is 0.480 e. The number of carbonyl (C=O) groups is 2. The second-order valence-corrected chi connectivity index (χ2v) is 9.70. The van der Waals surface area contributed by atoms with E-state index in [1.807, 2.05) is 51.7 Å². The van der Waals surface area contributed by atoms with Crippen molar-refractivity contribution in [3.05, 3.63) is 51.3 Å². The van der Waals surface area contributed by atoms with Gasteiger partial charge >= 0.3 is 5.97 Å². The van der Waals surface area contributed by atoms with Crippen molar-refractivity contribution in [1.29, 1.82) is 0 Å². The Morgan fingerprint density at radius 2 is 1.87 bits per heavy atom. The second kappa shape index (κ2) is 15.3. The van der Waals surface area contributed by atoms with Crippen molar-refractivity contribution in [1.82, 2.24) is 14.9 Å². The van der Waals surface area contributed by atoms with Gasteiger partial charge in [-0.25, -0.2) is 9.97 Å². The quantitative estimate of drug-likeness (QED) is 0.217. The van der Waals surface area contributed by atoms with Crippen LogP contribution < -0.4 is 15.5 Å². The van der Waals surface area contributed by atoms with Crippen molar-refractivity contribution >= 4 is 59.3 Å². The average molecular weight is 562 g/mol. The van der Waals surface area contributed by atoms with E-state index in [0.717, 1.165) is 16.9 Å². The first-order valence-corrected chi connectivity index (χ1v) is 13.7. The number of hydrogen-bond donors (Lipinski definition) is 3. The predicted octanol–water partition coefficient (Wildman–Crippen LogP) is 4.57. The lowest BCUT2D eigenvalue weighted by atomic mass is 10.1. The Hall–Kier alpha value is -3.15. The minimum absolute atomic E-state index is 0.0410. The number of carboxylic acids is 1. The number of aryl methyl sites for hydroxylation is 2. The maximum atomic E-state index is 12.9. The Morgan fingerprint density at radius 1 is 1.18 bits per heavy atom. The fourth-order valence-corrected chi connectivity index (χ4v) is 4.63. The van der Waals surface area contributed by atoms with Crippen LogP contribution in [0.3, 0.4) is 0 Å². The molecule has 0 atom stereocenters. The number of aliphatic carboxylic acids is 1. The molecule has 1 aromatic carbocycles. The van der Waals surface area contributed by atoms with Crippen molar-refractivity contribution in [2.75, 3.05) is 54.1 Å². The number of aliphatic imine (C=N–C) groups is 1. The van der Waals surface area contributed by atoms with Gasteiger partial charge in [0.05, 0.1) is 28.0 Å². The molecule has 2 aromatic rings. The van der Waals surface area contributed by atoms with E-state index < -0.39 is 5.97 Å². The molecule has 3 N–H and O–H groups in total. The number of aromatic nitrogens is 2. The maximum absolute atomic E-state index is 12.9. The summed E-state index contributed by atoms with van der Waals surface area (Å²) < 4.78 is 0. The Balaban J connectivity index is 0.00000247. The highest BCUT2D eigenvalue weighted by Crippen LogP contribution is 2.29. The molecule has 0 aliphatic carbocycles. The molecule has 38 heavy (non-hydrogen) atoms. The van der Waals surface area contributed by atoms with Gasteiger partial charge in [0.15, 0.2) is 0 Å². The Bertz CT molecular complexity index is 1170. The molecule has 1 amide bonds. The van der Waals surface area contributed by atoms with Crippen LogP contribution in [-0.2, 0) is 9.59 Å². The van der Waals surface area contributed by atoms with Gasteiger partial charge in [0.1, 0.15) is 17.5 Å². The van der Waals surface area contributed by atoms with Crippen LogP contribution in [0, 0.1) is 20.8 Å². The van der Waals surface area contributed by atoms with Crippen molar-refractivity contribution in [2.45, 2.75) is 34.6 Å². The van der Waals surface area contributed by atoms with Gasteiger partial charge in [-0.2, -0.15) is 0 Å². The molecule has 0 bridgehead atoms. The van der Waals surface area contributed by atoms with Crippen molar-refractivity contribution in [3.63, 3.8) is 0 Å². The highest BCUT2D eigenvalue weighted by Gasteiger charge is 2.21. The van der Waals surface area contributed by atoms with E-state index in [-0.39, 0.29) is 12.5 Å². The summed E-state index contributed by atoms with van der Waals surface area (Å²) in [6.07, 6.45) is 1.41. The third-order valence-electron chi connectivity index (χ3n) is 5.72. The normalized spacial score (nSPS) is 13.8. The number of rotatable bonds is 10. The van der Waals surface area contributed by atoms with Gasteiger partial charge in [0, 0.05) is 38.4 Å². The fourth-order valence-electron chi connectivity index (χ4n) is 3.67. The number of nitrogens with one attached hydrogen (secondary N) is 2. The van der Waals surface area contributed by atoms with Crippen LogP contribution in [0.15, 0.2) is 34.3 Å². The van der Waals surface area contributed by atoms with Crippen LogP contribution in [0.2, 0.25) is 5.02 Å². The summed E-state index contributed by atoms with van der Waals surface area (Å²) in [5.41, 5.74) is 2.50. The van der Waals surface area contributed by atoms with E-state index in [1.54, 1.807) is 6.07 Å². The molecule has 10 nitrogen and oxygen atoms in total. The lowest BCUT2D eigenvalue weighted by Crippen LogP contribution is -2.48. The third-order valence-corrected chi connectivity index (χ3v) is 6.92. The summed E-state index contributed by atoms with van der Waals surface area (Å²) >= 11 is 7.56. The molecule has 1 aliphatic rings. The molecule has 3 rings (SSSR count). The van der Waals surface area contributed by atoms with E-state index in [2.05, 4.69) is 37.2 Å². The maximum Gasteiger partial charge on any atom is 0.317 e. The molecule has 0 radical (unpaired) electrons. The number of amides is 1. The van der Waals surface area contributed by atoms with Crippen LogP contribution in [0.25, 0.3) is 0 Å². The number of halogens is 1. The Kier molecular flexibility index (Phi) is 12.5. The van der Waals surface area contributed by atoms with Crippen LogP contribution in [0.5, 0.6) is 0 Å². The summed E-state index contributed by atoms with van der Waals surface area (Å²) in [5.74, 6) is 1.22. The molecule has 0 unspecified atom stereocenters. The number of benzene rings is 1. The first-order valence-electron chi connectivity index (χ1n) is 12.3. The number of thioether (sulfide) groups is 1. The number of piperazine rings is 1. The van der Waals surface area contributed by atoms with Gasteiger partial charge in [0.25, 0.3) is 5.91 Å². The number of hydrogen-bond acceptors (Lipinski definition) is 9. The highest BCUT2D eigenvalue weighted by atomic mass is 35.5. The van der Waals surface area contributed by atoms with Crippen molar-refractivity contribution in [3.8, 4) is 0 Å². The number of carbonyl (C=O) groups excluding carboxylic acids is 1. The highest BCUT2D eigenvalue weighted by molar-refractivity contribution is 8.04. The lowest BCUT2D eigenvalue weighted by Gasteiger charge is -2.34. The topological polar surface area (TPSA) is 123 Å². The third kappa shape index (κ3) is 9.00. The minimum atomic E-state index is -0.823. The second-order valence-electron chi connectivity index (χ2n) is 8.28. The molecule has 0 spiro atoms. The zero-order chi connectivity index (χ0) is 28.2. The monoisotopic (exact) mass is 561 g/mol. The van der Waals surface area contributed by atoms with E-state index >= 15 is 0 Å². The van der Waals surface area contributed by atoms with E-state index in [0.29, 0.717) is 59.3 Å². The van der Waals surface area contributed by atoms with E-state index in [9.17, 15) is 9.59 Å². The summed E-state index contributed by atoms with van der Waals surface area (Å²) in [5, 5.41) is 15.6. The Labute approximate surface area is 233 Å². The van der Waals surface area contributed by atoms with Crippen molar-refractivity contribution < 1.29 is 14.7 Å². The fraction of sp³-hybridized carbons (Fsp3) is 0.423. The molecular formula is C26H36ClN7O3S. The van der Waals surface area contributed by atoms with Gasteiger partial charge in [-0.05, 0) is 44.7 Å². The number of anilines is 3. The molecule has 0 saturated carbocycles. The van der Waals surface area contributed by atoms with Crippen LogP contribution in [0.1, 0.15) is 30.8 Å². The molecule has 2 heterocycles. The van der Waals surface area contributed by atoms with Gasteiger partial charge in [-0.15, -0.1) is 0 Å². The van der Waals surface area contributed by atoms with E-state index in [1.165, 1.54) is 18.0 Å². The first kappa shape index (κ1) is 31.1. The predicted molar refractivity (Wildman–Crippen MR) is 158 cm³/mol. The summed E-state index contributed by atoms with van der Waals surface area (Å²) in [6.45, 7) is 15.8. The van der Waals surface area contributed by atoms with Crippen LogP contribution in [0.4, 0.5) is 17.3 Å². The molecule has 1 fully saturated rings. The number of carboxylic acid groups (broad SMARTS) is 1. The summed E-state index contributed by atoms with van der Waals surface area (Å²) in [4.78, 5) is 41.0. The molecule has 1 aromatic heterocycles. The summed E-state index contributed by atoms with van der Waals surface area (Å²) in [6, 6.07) is 5.51. The zero-order valence-electron chi connectivity index (χ0n) is 22.5. The first-order chi connectivity index (χ1) is 18.2. The van der Waals surface area contributed by atoms with Crippen LogP contribution >= 0.6 is 23.4 Å². The molecule has 1 aliphatic heterocycles. The van der Waals surface area contributed by atoms with Crippen molar-refractivity contribution in [2.24, 2.45) is 4.99 Å². The smallest absolute Gasteiger partial charge is 0.317 e. The van der Waals surface area contributed by atoms with E-state index in [4.69, 9.17) is 16.7 Å². The Morgan fingerprint density at radius 3 is 2.50 bits per heavy atom. The molecule has 12 heteroatoms. The van der Waals surface area contributed by atoms with Gasteiger partial charge in [-0.3, -0.25) is 19.5 Å². The van der Waals surface area contributed by atoms with Gasteiger partial charge in [0.2, 0.25) is 0 Å². The molecular weight excluding hydrogens is 526 g/mol. The lowest BCUT2D eigenvalue weighted by molar-refractivity contribution is -0.138.